The van der Waals surface area contributed by atoms with Crippen LogP contribution in [0.2, 0.25) is 0 Å². The van der Waals surface area contributed by atoms with Crippen LogP contribution >= 0.6 is 23.5 Å². The Hall–Kier alpha value is -2.50. The number of hydrogen-bond acceptors (Lipinski definition) is 8. The van der Waals surface area contributed by atoms with Gasteiger partial charge in [0, 0.05) is 35.8 Å². The van der Waals surface area contributed by atoms with Gasteiger partial charge in [0.25, 0.3) is 15.9 Å². The van der Waals surface area contributed by atoms with Crippen molar-refractivity contribution in [2.24, 2.45) is 9.39 Å². The molecule has 33 heavy (non-hydrogen) atoms. The van der Waals surface area contributed by atoms with Crippen molar-refractivity contribution in [3.05, 3.63) is 53.6 Å². The first-order valence-corrected chi connectivity index (χ1v) is 13.9. The van der Waals surface area contributed by atoms with E-state index in [9.17, 15) is 13.2 Å². The van der Waals surface area contributed by atoms with Crippen molar-refractivity contribution < 1.29 is 17.9 Å². The highest BCUT2D eigenvalue weighted by atomic mass is 32.2. The summed E-state index contributed by atoms with van der Waals surface area (Å²) >= 11 is 2.89. The van der Waals surface area contributed by atoms with E-state index in [1.54, 1.807) is 29.8 Å². The molecule has 11 heteroatoms. The summed E-state index contributed by atoms with van der Waals surface area (Å²) in [6.45, 7) is 1.59. The molecule has 0 atom stereocenters. The number of ether oxygens (including phenoxy) is 1. The summed E-state index contributed by atoms with van der Waals surface area (Å²) in [7, 11) is -1.76. The minimum absolute atomic E-state index is 0.00146. The Morgan fingerprint density at radius 1 is 1.18 bits per heavy atom. The number of aliphatic imine (C=N–C) groups is 1. The number of carbonyl (C=O) groups is 1. The summed E-state index contributed by atoms with van der Waals surface area (Å²) in [6.07, 6.45) is 0.784. The molecule has 0 spiro atoms. The molecule has 0 bridgehead atoms. The second-order valence-electron chi connectivity index (χ2n) is 7.66. The van der Waals surface area contributed by atoms with E-state index in [4.69, 9.17) is 9.73 Å². The van der Waals surface area contributed by atoms with Gasteiger partial charge in [0.1, 0.15) is 5.75 Å². The number of fused-ring (bicyclic) bond motifs is 3. The molecule has 3 aliphatic heterocycles. The predicted molar refractivity (Wildman–Crippen MR) is 133 cm³/mol. The van der Waals surface area contributed by atoms with Gasteiger partial charge < -0.3 is 9.64 Å². The van der Waals surface area contributed by atoms with Gasteiger partial charge >= 0.3 is 0 Å². The van der Waals surface area contributed by atoms with E-state index in [-0.39, 0.29) is 11.7 Å². The second kappa shape index (κ2) is 9.03. The monoisotopic (exact) mass is 502 g/mol. The van der Waals surface area contributed by atoms with Gasteiger partial charge in [-0.3, -0.25) is 14.7 Å². The molecule has 8 nitrogen and oxygen atoms in total. The van der Waals surface area contributed by atoms with E-state index >= 15 is 0 Å². The normalized spacial score (nSPS) is 19.9. The van der Waals surface area contributed by atoms with E-state index in [0.29, 0.717) is 30.4 Å². The van der Waals surface area contributed by atoms with E-state index in [1.807, 2.05) is 41.3 Å². The number of carbonyl (C=O) groups excluding carboxylic acids is 1. The van der Waals surface area contributed by atoms with Crippen molar-refractivity contribution in [3.63, 3.8) is 0 Å². The molecule has 3 heterocycles. The SMILES string of the molecule is COc1ccc(CCN=C2SCCN2C(=O)c2ccc3c(c2)SC2=NS(=O)(=O)CCN23)cc1. The number of benzene rings is 2. The third-order valence-electron chi connectivity index (χ3n) is 5.55. The zero-order valence-electron chi connectivity index (χ0n) is 17.9. The van der Waals surface area contributed by atoms with Crippen LogP contribution in [-0.2, 0) is 16.4 Å². The van der Waals surface area contributed by atoms with Crippen LogP contribution in [0.25, 0.3) is 0 Å². The van der Waals surface area contributed by atoms with E-state index in [1.165, 1.54) is 11.8 Å². The second-order valence-corrected chi connectivity index (χ2v) is 11.5. The fourth-order valence-electron chi connectivity index (χ4n) is 3.81. The summed E-state index contributed by atoms with van der Waals surface area (Å²) in [5.74, 6) is 1.55. The van der Waals surface area contributed by atoms with Gasteiger partial charge in [0.05, 0.1) is 18.6 Å². The fraction of sp³-hybridized carbons (Fsp3) is 0.318. The topological polar surface area (TPSA) is 91.6 Å². The maximum absolute atomic E-state index is 13.2. The molecule has 0 N–H and O–H groups in total. The Morgan fingerprint density at radius 2 is 2.00 bits per heavy atom. The number of rotatable bonds is 5. The van der Waals surface area contributed by atoms with Gasteiger partial charge in [0.15, 0.2) is 10.3 Å². The first-order chi connectivity index (χ1) is 15.9. The predicted octanol–water partition coefficient (Wildman–Crippen LogP) is 3.09. The lowest BCUT2D eigenvalue weighted by Gasteiger charge is -2.22. The van der Waals surface area contributed by atoms with Crippen molar-refractivity contribution in [1.29, 1.82) is 0 Å². The molecule has 0 radical (unpaired) electrons. The molecule has 2 aromatic carbocycles. The van der Waals surface area contributed by atoms with Gasteiger partial charge in [-0.05, 0) is 54.1 Å². The molecule has 0 aromatic heterocycles. The molecule has 3 aliphatic rings. The highest BCUT2D eigenvalue weighted by Crippen LogP contribution is 2.42. The summed E-state index contributed by atoms with van der Waals surface area (Å²) in [5.41, 5.74) is 2.63. The van der Waals surface area contributed by atoms with Crippen LogP contribution in [0.4, 0.5) is 5.69 Å². The molecule has 1 amide bonds. The molecule has 5 rings (SSSR count). The maximum atomic E-state index is 13.2. The van der Waals surface area contributed by atoms with Gasteiger partial charge in [-0.25, -0.2) is 8.42 Å². The number of hydrogen-bond donors (Lipinski definition) is 0. The smallest absolute Gasteiger partial charge is 0.259 e. The standard InChI is InChI=1S/C22H22N4O4S3/c1-30-17-5-2-15(3-6-17)8-9-23-21-26(10-12-31-21)20(27)16-4-7-18-19(14-16)32-22-24-33(28,29)13-11-25(18)22/h2-7,14H,8-13H2,1H3. The van der Waals surface area contributed by atoms with Crippen molar-refractivity contribution >= 4 is 55.5 Å². The lowest BCUT2D eigenvalue weighted by molar-refractivity contribution is 0.0859. The van der Waals surface area contributed by atoms with Gasteiger partial charge in [-0.15, -0.1) is 4.40 Å². The average molecular weight is 503 g/mol. The Balaban J connectivity index is 1.29. The first-order valence-electron chi connectivity index (χ1n) is 10.5. The Labute approximate surface area is 201 Å². The first kappa shape index (κ1) is 22.3. The number of nitrogens with zero attached hydrogens (tertiary/aromatic N) is 4. The Morgan fingerprint density at radius 3 is 2.79 bits per heavy atom. The number of sulfonamides is 1. The van der Waals surface area contributed by atoms with Gasteiger partial charge in [-0.2, -0.15) is 0 Å². The molecule has 1 fully saturated rings. The number of methoxy groups -OCH3 is 1. The molecular formula is C22H22N4O4S3. The average Bonchev–Trinajstić information content (AvgIpc) is 3.41. The summed E-state index contributed by atoms with van der Waals surface area (Å²) in [6, 6.07) is 13.4. The number of thioether (sulfide) groups is 2. The van der Waals surface area contributed by atoms with Gasteiger partial charge in [-0.1, -0.05) is 23.9 Å². The van der Waals surface area contributed by atoms with Crippen LogP contribution < -0.4 is 9.64 Å². The molecule has 0 unspecified atom stereocenters. The lowest BCUT2D eigenvalue weighted by atomic mass is 10.1. The third kappa shape index (κ3) is 4.62. The van der Waals surface area contributed by atoms with Crippen LogP contribution in [0, 0.1) is 0 Å². The minimum atomic E-state index is -3.41. The van der Waals surface area contributed by atoms with Crippen molar-refractivity contribution in [2.45, 2.75) is 11.3 Å². The third-order valence-corrected chi connectivity index (χ3v) is 8.85. The summed E-state index contributed by atoms with van der Waals surface area (Å²) < 4.78 is 32.7. The van der Waals surface area contributed by atoms with Crippen LogP contribution in [0.5, 0.6) is 5.75 Å². The maximum Gasteiger partial charge on any atom is 0.259 e. The molecule has 2 aromatic rings. The van der Waals surface area contributed by atoms with E-state index in [2.05, 4.69) is 4.40 Å². The molecule has 1 saturated heterocycles. The van der Waals surface area contributed by atoms with Gasteiger partial charge in [0.2, 0.25) is 0 Å². The van der Waals surface area contributed by atoms with Crippen LogP contribution in [-0.4, -0.2) is 67.8 Å². The number of anilines is 1. The molecule has 0 aliphatic carbocycles. The summed E-state index contributed by atoms with van der Waals surface area (Å²) in [5, 5.41) is 1.20. The van der Waals surface area contributed by atoms with Crippen LogP contribution in [0.1, 0.15) is 15.9 Å². The van der Waals surface area contributed by atoms with Crippen LogP contribution in [0.3, 0.4) is 0 Å². The molecular weight excluding hydrogens is 480 g/mol. The Bertz CT molecular complexity index is 1260. The molecule has 0 saturated carbocycles. The number of amidine groups is 2. The van der Waals surface area contributed by atoms with Crippen LogP contribution in [0.15, 0.2) is 56.8 Å². The quantitative estimate of drug-likeness (QED) is 0.620. The Kier molecular flexibility index (Phi) is 6.11. The fourth-order valence-corrected chi connectivity index (χ4v) is 7.08. The van der Waals surface area contributed by atoms with E-state index < -0.39 is 10.0 Å². The zero-order valence-corrected chi connectivity index (χ0v) is 20.4. The molecule has 172 valence electrons. The van der Waals surface area contributed by atoms with Crippen molar-refractivity contribution in [3.8, 4) is 5.75 Å². The zero-order chi connectivity index (χ0) is 23.0. The minimum Gasteiger partial charge on any atom is -0.497 e. The highest BCUT2D eigenvalue weighted by Gasteiger charge is 2.34. The summed E-state index contributed by atoms with van der Waals surface area (Å²) in [4.78, 5) is 22.4. The lowest BCUT2D eigenvalue weighted by Crippen LogP contribution is -2.35. The van der Waals surface area contributed by atoms with Crippen molar-refractivity contribution in [1.82, 2.24) is 4.90 Å². The highest BCUT2D eigenvalue weighted by molar-refractivity contribution is 8.15. The van der Waals surface area contributed by atoms with E-state index in [0.717, 1.165) is 39.2 Å². The van der Waals surface area contributed by atoms with Crippen molar-refractivity contribution in [2.75, 3.05) is 43.1 Å². The largest absolute Gasteiger partial charge is 0.497 e. The number of amides is 1.